The highest BCUT2D eigenvalue weighted by Gasteiger charge is 2.14. The quantitative estimate of drug-likeness (QED) is 0.587. The molecule has 2 aromatic carbocycles. The standard InChI is InChI=1S/C18H22N2O3S/c1-3-8-18(15-9-6-5-7-10-15)19-20-24(21,22)17-13-11-16(12-14-17)23-4-2/h5-7,9-14,20H,3-4,8H2,1-2H3/b19-18-. The molecule has 6 heteroatoms. The molecule has 1 N–H and O–H groups in total. The summed E-state index contributed by atoms with van der Waals surface area (Å²) in [6.07, 6.45) is 1.56. The molecule has 0 saturated carbocycles. The normalized spacial score (nSPS) is 12.0. The van der Waals surface area contributed by atoms with Crippen LogP contribution in [0, 0.1) is 0 Å². The van der Waals surface area contributed by atoms with E-state index in [9.17, 15) is 8.42 Å². The van der Waals surface area contributed by atoms with Crippen molar-refractivity contribution in [2.45, 2.75) is 31.6 Å². The fourth-order valence-corrected chi connectivity index (χ4v) is 3.01. The molecule has 0 unspecified atom stereocenters. The molecule has 2 aromatic rings. The van der Waals surface area contributed by atoms with Crippen molar-refractivity contribution in [3.63, 3.8) is 0 Å². The van der Waals surface area contributed by atoms with Crippen LogP contribution in [0.2, 0.25) is 0 Å². The lowest BCUT2D eigenvalue weighted by Gasteiger charge is -2.09. The maximum Gasteiger partial charge on any atom is 0.276 e. The number of hydrogen-bond acceptors (Lipinski definition) is 4. The fourth-order valence-electron chi connectivity index (χ4n) is 2.18. The van der Waals surface area contributed by atoms with Gasteiger partial charge in [0.1, 0.15) is 5.75 Å². The topological polar surface area (TPSA) is 67.8 Å². The molecule has 0 amide bonds. The van der Waals surface area contributed by atoms with Crippen LogP contribution in [-0.4, -0.2) is 20.7 Å². The molecule has 0 aliphatic heterocycles. The zero-order valence-corrected chi connectivity index (χ0v) is 14.7. The third-order valence-electron chi connectivity index (χ3n) is 3.34. The minimum atomic E-state index is -3.71. The Morgan fingerprint density at radius 1 is 1.04 bits per heavy atom. The van der Waals surface area contributed by atoms with Gasteiger partial charge in [0.15, 0.2) is 0 Å². The second-order valence-electron chi connectivity index (χ2n) is 5.17. The van der Waals surface area contributed by atoms with Crippen LogP contribution in [0.5, 0.6) is 5.75 Å². The number of ether oxygens (including phenoxy) is 1. The molecule has 0 saturated heterocycles. The van der Waals surface area contributed by atoms with Gasteiger partial charge in [-0.3, -0.25) is 0 Å². The summed E-state index contributed by atoms with van der Waals surface area (Å²) in [7, 11) is -3.71. The Morgan fingerprint density at radius 2 is 1.71 bits per heavy atom. The molecular weight excluding hydrogens is 324 g/mol. The lowest BCUT2D eigenvalue weighted by molar-refractivity contribution is 0.340. The van der Waals surface area contributed by atoms with Crippen LogP contribution in [0.15, 0.2) is 64.6 Å². The molecule has 0 fully saturated rings. The van der Waals surface area contributed by atoms with Gasteiger partial charge in [0.25, 0.3) is 10.0 Å². The molecule has 128 valence electrons. The van der Waals surface area contributed by atoms with E-state index in [1.807, 2.05) is 44.2 Å². The first kappa shape index (κ1) is 18.0. The first-order valence-corrected chi connectivity index (χ1v) is 9.41. The Labute approximate surface area is 143 Å². The Morgan fingerprint density at radius 3 is 2.29 bits per heavy atom. The van der Waals surface area contributed by atoms with Gasteiger partial charge in [-0.05, 0) is 43.2 Å². The number of rotatable bonds is 8. The van der Waals surface area contributed by atoms with E-state index in [0.29, 0.717) is 24.5 Å². The Kier molecular flexibility index (Phi) is 6.37. The second-order valence-corrected chi connectivity index (χ2v) is 6.83. The van der Waals surface area contributed by atoms with Crippen LogP contribution in [0.1, 0.15) is 32.3 Å². The summed E-state index contributed by atoms with van der Waals surface area (Å²) in [5.41, 5.74) is 1.63. The molecule has 0 atom stereocenters. The minimum absolute atomic E-state index is 0.151. The zero-order chi connectivity index (χ0) is 17.4. The van der Waals surface area contributed by atoms with Gasteiger partial charge in [-0.2, -0.15) is 18.4 Å². The number of benzene rings is 2. The van der Waals surface area contributed by atoms with Crippen LogP contribution in [-0.2, 0) is 10.0 Å². The molecule has 0 heterocycles. The maximum absolute atomic E-state index is 12.4. The van der Waals surface area contributed by atoms with Gasteiger partial charge in [-0.25, -0.2) is 0 Å². The van der Waals surface area contributed by atoms with E-state index in [1.54, 1.807) is 12.1 Å². The zero-order valence-electron chi connectivity index (χ0n) is 13.9. The third kappa shape index (κ3) is 4.83. The van der Waals surface area contributed by atoms with E-state index in [0.717, 1.165) is 12.0 Å². The van der Waals surface area contributed by atoms with Crippen molar-refractivity contribution in [2.24, 2.45) is 5.10 Å². The largest absolute Gasteiger partial charge is 0.494 e. The highest BCUT2D eigenvalue weighted by atomic mass is 32.2. The van der Waals surface area contributed by atoms with Gasteiger partial charge in [0, 0.05) is 0 Å². The molecule has 0 spiro atoms. The first-order valence-electron chi connectivity index (χ1n) is 7.93. The van der Waals surface area contributed by atoms with Gasteiger partial charge in [-0.1, -0.05) is 43.7 Å². The van der Waals surface area contributed by atoms with Crippen molar-refractivity contribution in [3.8, 4) is 5.75 Å². The summed E-state index contributed by atoms with van der Waals surface area (Å²) in [4.78, 5) is 2.48. The average Bonchev–Trinajstić information content (AvgIpc) is 2.60. The molecular formula is C18H22N2O3S. The molecule has 24 heavy (non-hydrogen) atoms. The van der Waals surface area contributed by atoms with Crippen molar-refractivity contribution in [1.82, 2.24) is 4.83 Å². The molecule has 5 nitrogen and oxygen atoms in total. The maximum atomic E-state index is 12.4. The van der Waals surface area contributed by atoms with Crippen LogP contribution >= 0.6 is 0 Å². The highest BCUT2D eigenvalue weighted by molar-refractivity contribution is 7.89. The van der Waals surface area contributed by atoms with Crippen molar-refractivity contribution in [3.05, 3.63) is 60.2 Å². The summed E-state index contributed by atoms with van der Waals surface area (Å²) in [5, 5.41) is 4.14. The van der Waals surface area contributed by atoms with E-state index >= 15 is 0 Å². The number of hydrogen-bond donors (Lipinski definition) is 1. The van der Waals surface area contributed by atoms with Crippen molar-refractivity contribution >= 4 is 15.7 Å². The first-order chi connectivity index (χ1) is 11.6. The van der Waals surface area contributed by atoms with E-state index in [1.165, 1.54) is 12.1 Å². The van der Waals surface area contributed by atoms with Crippen LogP contribution in [0.25, 0.3) is 0 Å². The molecule has 0 bridgehead atoms. The van der Waals surface area contributed by atoms with Gasteiger partial charge >= 0.3 is 0 Å². The summed E-state index contributed by atoms with van der Waals surface area (Å²) >= 11 is 0. The number of nitrogens with one attached hydrogen (secondary N) is 1. The lowest BCUT2D eigenvalue weighted by Crippen LogP contribution is -2.20. The summed E-state index contributed by atoms with van der Waals surface area (Å²) < 4.78 is 30.1. The number of hydrazone groups is 1. The Bertz CT molecular complexity index is 770. The third-order valence-corrected chi connectivity index (χ3v) is 4.56. The lowest BCUT2D eigenvalue weighted by atomic mass is 10.1. The van der Waals surface area contributed by atoms with E-state index in [-0.39, 0.29) is 4.90 Å². The average molecular weight is 346 g/mol. The van der Waals surface area contributed by atoms with E-state index < -0.39 is 10.0 Å². The highest BCUT2D eigenvalue weighted by Crippen LogP contribution is 2.16. The SMILES string of the molecule is CCC/C(=N/NS(=O)(=O)c1ccc(OCC)cc1)c1ccccc1. The summed E-state index contributed by atoms with van der Waals surface area (Å²) in [5.74, 6) is 0.635. The number of nitrogens with zero attached hydrogens (tertiary/aromatic N) is 1. The van der Waals surface area contributed by atoms with Gasteiger partial charge in [0.05, 0.1) is 17.2 Å². The van der Waals surface area contributed by atoms with Crippen LogP contribution in [0.4, 0.5) is 0 Å². The summed E-state index contributed by atoms with van der Waals surface area (Å²) in [6, 6.07) is 15.8. The molecule has 0 aliphatic carbocycles. The van der Waals surface area contributed by atoms with Crippen LogP contribution in [0.3, 0.4) is 0 Å². The molecule has 0 aliphatic rings. The van der Waals surface area contributed by atoms with Gasteiger partial charge < -0.3 is 4.74 Å². The minimum Gasteiger partial charge on any atom is -0.494 e. The Balaban J connectivity index is 2.20. The van der Waals surface area contributed by atoms with Crippen LogP contribution < -0.4 is 9.57 Å². The van der Waals surface area contributed by atoms with Gasteiger partial charge in [0.2, 0.25) is 0 Å². The number of sulfonamides is 1. The van der Waals surface area contributed by atoms with E-state index in [4.69, 9.17) is 4.74 Å². The smallest absolute Gasteiger partial charge is 0.276 e. The molecule has 0 radical (unpaired) electrons. The van der Waals surface area contributed by atoms with Gasteiger partial charge in [-0.15, -0.1) is 0 Å². The Hall–Kier alpha value is -2.34. The molecule has 0 aromatic heterocycles. The van der Waals surface area contributed by atoms with Crippen molar-refractivity contribution < 1.29 is 13.2 Å². The summed E-state index contributed by atoms with van der Waals surface area (Å²) in [6.45, 7) is 4.44. The fraction of sp³-hybridized carbons (Fsp3) is 0.278. The van der Waals surface area contributed by atoms with E-state index in [2.05, 4.69) is 9.93 Å². The second kappa shape index (κ2) is 8.49. The van der Waals surface area contributed by atoms with Crippen molar-refractivity contribution in [1.29, 1.82) is 0 Å². The molecule has 2 rings (SSSR count). The predicted octanol–water partition coefficient (Wildman–Crippen LogP) is 3.57. The van der Waals surface area contributed by atoms with Crippen molar-refractivity contribution in [2.75, 3.05) is 6.61 Å². The monoisotopic (exact) mass is 346 g/mol. The predicted molar refractivity (Wildman–Crippen MR) is 95.8 cm³/mol.